The molecule has 0 aliphatic carbocycles. The molecule has 2 N–H and O–H groups in total. The molecule has 0 saturated carbocycles. The average molecular weight is 316 g/mol. The van der Waals surface area contributed by atoms with Gasteiger partial charge in [-0.2, -0.15) is 10.4 Å². The first-order valence-corrected chi connectivity index (χ1v) is 6.54. The zero-order valence-electron chi connectivity index (χ0n) is 11.2. The lowest BCUT2D eigenvalue weighted by atomic mass is 10.2. The van der Waals surface area contributed by atoms with Crippen LogP contribution >= 0.6 is 12.2 Å². The molecule has 2 aromatic carbocycles. The normalized spacial score (nSPS) is 10.2. The van der Waals surface area contributed by atoms with Gasteiger partial charge in [0, 0.05) is 6.07 Å². The summed E-state index contributed by atoms with van der Waals surface area (Å²) in [5.74, 6) is -1.42. The van der Waals surface area contributed by atoms with Gasteiger partial charge in [0.25, 0.3) is 0 Å². The van der Waals surface area contributed by atoms with Gasteiger partial charge in [-0.1, -0.05) is 12.1 Å². The molecule has 7 heteroatoms. The molecular weight excluding hydrogens is 306 g/mol. The Labute approximate surface area is 131 Å². The number of nitriles is 1. The van der Waals surface area contributed by atoms with Crippen LogP contribution in [0.2, 0.25) is 0 Å². The minimum atomic E-state index is -0.750. The first kappa shape index (κ1) is 15.5. The fraction of sp³-hybridized carbons (Fsp3) is 0. The number of nitrogens with one attached hydrogen (secondary N) is 2. The Morgan fingerprint density at radius 1 is 1.18 bits per heavy atom. The molecule has 0 heterocycles. The molecule has 4 nitrogen and oxygen atoms in total. The molecule has 0 radical (unpaired) electrons. The Morgan fingerprint density at radius 3 is 2.55 bits per heavy atom. The molecule has 0 atom stereocenters. The third-order valence-corrected chi connectivity index (χ3v) is 2.79. The molecule has 0 aliphatic rings. The van der Waals surface area contributed by atoms with Crippen LogP contribution in [0.5, 0.6) is 0 Å². The predicted octanol–water partition coefficient (Wildman–Crippen LogP) is 3.16. The van der Waals surface area contributed by atoms with Crippen LogP contribution in [0.1, 0.15) is 11.1 Å². The minimum Gasteiger partial charge on any atom is -0.329 e. The van der Waals surface area contributed by atoms with Crippen LogP contribution in [0.15, 0.2) is 47.6 Å². The van der Waals surface area contributed by atoms with E-state index in [1.165, 1.54) is 12.3 Å². The van der Waals surface area contributed by atoms with E-state index < -0.39 is 11.6 Å². The number of benzene rings is 2. The summed E-state index contributed by atoms with van der Waals surface area (Å²) in [6.07, 6.45) is 1.50. The second kappa shape index (κ2) is 7.24. The highest BCUT2D eigenvalue weighted by Gasteiger charge is 2.04. The third kappa shape index (κ3) is 4.33. The van der Waals surface area contributed by atoms with Gasteiger partial charge in [-0.15, -0.1) is 0 Å². The summed E-state index contributed by atoms with van der Waals surface area (Å²) in [5.41, 5.74) is 3.88. The smallest absolute Gasteiger partial charge is 0.191 e. The maximum absolute atomic E-state index is 13.4. The molecule has 0 spiro atoms. The van der Waals surface area contributed by atoms with Crippen molar-refractivity contribution in [3.63, 3.8) is 0 Å². The van der Waals surface area contributed by atoms with Gasteiger partial charge in [0.2, 0.25) is 0 Å². The van der Waals surface area contributed by atoms with Crippen LogP contribution in [-0.2, 0) is 0 Å². The first-order chi connectivity index (χ1) is 10.6. The molecule has 2 rings (SSSR count). The van der Waals surface area contributed by atoms with Gasteiger partial charge in [-0.25, -0.2) is 8.78 Å². The van der Waals surface area contributed by atoms with E-state index in [9.17, 15) is 8.78 Å². The van der Waals surface area contributed by atoms with Crippen LogP contribution in [0.3, 0.4) is 0 Å². The Kier molecular flexibility index (Phi) is 5.11. The molecule has 22 heavy (non-hydrogen) atoms. The van der Waals surface area contributed by atoms with Crippen LogP contribution in [-0.4, -0.2) is 11.3 Å². The van der Waals surface area contributed by atoms with Gasteiger partial charge in [-0.3, -0.25) is 5.43 Å². The van der Waals surface area contributed by atoms with E-state index in [-0.39, 0.29) is 10.8 Å². The first-order valence-electron chi connectivity index (χ1n) is 6.14. The maximum atomic E-state index is 13.4. The van der Waals surface area contributed by atoms with Crippen molar-refractivity contribution in [2.75, 3.05) is 5.32 Å². The van der Waals surface area contributed by atoms with Crippen LogP contribution < -0.4 is 10.7 Å². The van der Waals surface area contributed by atoms with E-state index >= 15 is 0 Å². The second-order valence-electron chi connectivity index (χ2n) is 4.18. The molecule has 110 valence electrons. The number of nitrogens with zero attached hydrogens (tertiary/aromatic N) is 2. The van der Waals surface area contributed by atoms with Gasteiger partial charge in [0.05, 0.1) is 23.5 Å². The second-order valence-corrected chi connectivity index (χ2v) is 4.59. The molecule has 2 aromatic rings. The highest BCUT2D eigenvalue weighted by atomic mass is 32.1. The molecule has 0 unspecified atom stereocenters. The Balaban J connectivity index is 1.91. The summed E-state index contributed by atoms with van der Waals surface area (Å²) >= 11 is 4.94. The van der Waals surface area contributed by atoms with Gasteiger partial charge < -0.3 is 5.32 Å². The quantitative estimate of drug-likeness (QED) is 0.519. The molecule has 0 saturated heterocycles. The van der Waals surface area contributed by atoms with Crippen molar-refractivity contribution in [3.05, 3.63) is 65.2 Å². The largest absolute Gasteiger partial charge is 0.329 e. The molecular formula is C15H10F2N4S. The molecule has 0 aromatic heterocycles. The van der Waals surface area contributed by atoms with Gasteiger partial charge in [0.15, 0.2) is 5.11 Å². The zero-order chi connectivity index (χ0) is 15.9. The van der Waals surface area contributed by atoms with Crippen LogP contribution in [0, 0.1) is 23.0 Å². The Morgan fingerprint density at radius 2 is 1.91 bits per heavy atom. The number of thiocarbonyl (C=S) groups is 1. The van der Waals surface area contributed by atoms with Crippen molar-refractivity contribution >= 4 is 29.2 Å². The van der Waals surface area contributed by atoms with Crippen LogP contribution in [0.4, 0.5) is 14.5 Å². The zero-order valence-corrected chi connectivity index (χ0v) is 12.0. The molecule has 0 aliphatic heterocycles. The standard InChI is InChI=1S/C15H10F2N4S/c16-12-5-6-14(13(17)7-12)20-15(22)21-19-9-11-3-1-10(8-18)2-4-11/h1-7,9H,(H2,20,21,22)/b19-9-. The highest BCUT2D eigenvalue weighted by molar-refractivity contribution is 7.80. The highest BCUT2D eigenvalue weighted by Crippen LogP contribution is 2.14. The van der Waals surface area contributed by atoms with Crippen molar-refractivity contribution in [1.29, 1.82) is 5.26 Å². The number of rotatable bonds is 3. The fourth-order valence-corrected chi connectivity index (χ4v) is 1.71. The third-order valence-electron chi connectivity index (χ3n) is 2.60. The van der Waals surface area contributed by atoms with E-state index in [1.807, 2.05) is 6.07 Å². The van der Waals surface area contributed by atoms with E-state index in [1.54, 1.807) is 24.3 Å². The lowest BCUT2D eigenvalue weighted by Crippen LogP contribution is -2.24. The van der Waals surface area contributed by atoms with E-state index in [4.69, 9.17) is 17.5 Å². The van der Waals surface area contributed by atoms with Crippen molar-refractivity contribution in [2.45, 2.75) is 0 Å². The lowest BCUT2D eigenvalue weighted by molar-refractivity contribution is 0.586. The average Bonchev–Trinajstić information content (AvgIpc) is 2.51. The number of hydrogen-bond acceptors (Lipinski definition) is 3. The molecule has 0 bridgehead atoms. The van der Waals surface area contributed by atoms with Crippen molar-refractivity contribution in [1.82, 2.24) is 5.43 Å². The number of hydrazone groups is 1. The molecule has 0 amide bonds. The van der Waals surface area contributed by atoms with Crippen LogP contribution in [0.25, 0.3) is 0 Å². The Bertz CT molecular complexity index is 751. The summed E-state index contributed by atoms with van der Waals surface area (Å²) in [6.45, 7) is 0. The summed E-state index contributed by atoms with van der Waals surface area (Å²) in [4.78, 5) is 0. The monoisotopic (exact) mass is 316 g/mol. The van der Waals surface area contributed by atoms with E-state index in [0.29, 0.717) is 5.56 Å². The van der Waals surface area contributed by atoms with Crippen molar-refractivity contribution in [3.8, 4) is 6.07 Å². The van der Waals surface area contributed by atoms with Crippen molar-refractivity contribution in [2.24, 2.45) is 5.10 Å². The number of anilines is 1. The summed E-state index contributed by atoms with van der Waals surface area (Å²) in [6, 6.07) is 11.9. The summed E-state index contributed by atoms with van der Waals surface area (Å²) < 4.78 is 26.2. The lowest BCUT2D eigenvalue weighted by Gasteiger charge is -2.07. The summed E-state index contributed by atoms with van der Waals surface area (Å²) in [7, 11) is 0. The summed E-state index contributed by atoms with van der Waals surface area (Å²) in [5, 5.41) is 15.2. The number of hydrogen-bond donors (Lipinski definition) is 2. The SMILES string of the molecule is N#Cc1ccc(/C=N\NC(=S)Nc2ccc(F)cc2F)cc1. The fourth-order valence-electron chi connectivity index (χ4n) is 1.55. The van der Waals surface area contributed by atoms with E-state index in [0.717, 1.165) is 17.7 Å². The Hall–Kier alpha value is -2.85. The minimum absolute atomic E-state index is 0.0486. The van der Waals surface area contributed by atoms with E-state index in [2.05, 4.69) is 15.8 Å². The van der Waals surface area contributed by atoms with Gasteiger partial charge in [-0.05, 0) is 42.0 Å². The predicted molar refractivity (Wildman–Crippen MR) is 84.5 cm³/mol. The molecule has 0 fully saturated rings. The topological polar surface area (TPSA) is 60.2 Å². The maximum Gasteiger partial charge on any atom is 0.191 e. The van der Waals surface area contributed by atoms with Gasteiger partial charge >= 0.3 is 0 Å². The number of halogens is 2. The van der Waals surface area contributed by atoms with Gasteiger partial charge in [0.1, 0.15) is 11.6 Å². The van der Waals surface area contributed by atoms with Crippen molar-refractivity contribution < 1.29 is 8.78 Å².